The second-order valence-corrected chi connectivity index (χ2v) is 7.94. The molecule has 2 aromatic carbocycles. The van der Waals surface area contributed by atoms with Crippen LogP contribution in [0.4, 0.5) is 0 Å². The molecule has 2 aromatic heterocycles. The highest BCUT2D eigenvalue weighted by atomic mass is 35.5. The highest BCUT2D eigenvalue weighted by Crippen LogP contribution is 2.21. The second-order valence-electron chi connectivity index (χ2n) is 7.50. The number of hydrogen-bond acceptors (Lipinski definition) is 5. The van der Waals surface area contributed by atoms with E-state index >= 15 is 0 Å². The summed E-state index contributed by atoms with van der Waals surface area (Å²) in [5.41, 5.74) is 7.68. The highest BCUT2D eigenvalue weighted by molar-refractivity contribution is 6.38. The van der Waals surface area contributed by atoms with Crippen molar-refractivity contribution in [3.8, 4) is 17.1 Å². The molecular weight excluding hydrogens is 489 g/mol. The van der Waals surface area contributed by atoms with Gasteiger partial charge in [0.2, 0.25) is 5.78 Å². The lowest BCUT2D eigenvalue weighted by Gasteiger charge is -2.17. The predicted octanol–water partition coefficient (Wildman–Crippen LogP) is 3.41. The van der Waals surface area contributed by atoms with E-state index in [2.05, 4.69) is 15.3 Å². The quantitative estimate of drug-likeness (QED) is 0.352. The van der Waals surface area contributed by atoms with Gasteiger partial charge >= 0.3 is 0 Å². The van der Waals surface area contributed by atoms with Gasteiger partial charge in [-0.05, 0) is 11.6 Å². The number of nitrogens with two attached hydrogens (primary N) is 1. The number of primary amides is 1. The number of nitrogens with zero attached hydrogens (tertiary/aromatic N) is 3. The molecule has 0 saturated heterocycles. The summed E-state index contributed by atoms with van der Waals surface area (Å²) in [4.78, 5) is 46.0. The van der Waals surface area contributed by atoms with Crippen molar-refractivity contribution in [1.82, 2.24) is 19.9 Å². The summed E-state index contributed by atoms with van der Waals surface area (Å²) in [7, 11) is 0. The smallest absolute Gasteiger partial charge is 0.287 e. The zero-order valence-electron chi connectivity index (χ0n) is 18.3. The third kappa shape index (κ3) is 6.11. The Hall–Kier alpha value is -4.01. The Morgan fingerprint density at radius 1 is 1.00 bits per heavy atom. The van der Waals surface area contributed by atoms with E-state index in [4.69, 9.17) is 17.3 Å². The molecule has 2 heterocycles. The van der Waals surface area contributed by atoms with Crippen molar-refractivity contribution in [2.24, 2.45) is 5.73 Å². The molecule has 4 rings (SSSR count). The van der Waals surface area contributed by atoms with E-state index in [-0.39, 0.29) is 35.2 Å². The summed E-state index contributed by atoms with van der Waals surface area (Å²) in [5.74, 6) is -2.40. The molecule has 0 bridgehead atoms. The van der Waals surface area contributed by atoms with Crippen molar-refractivity contribution in [2.45, 2.75) is 12.5 Å². The van der Waals surface area contributed by atoms with Gasteiger partial charge in [0.05, 0.1) is 16.3 Å². The molecule has 0 radical (unpaired) electrons. The molecule has 2 amide bonds. The van der Waals surface area contributed by atoms with E-state index in [1.807, 2.05) is 36.4 Å². The molecule has 0 aliphatic rings. The van der Waals surface area contributed by atoms with Gasteiger partial charge in [0.1, 0.15) is 12.4 Å². The molecular formula is C25H21Cl2N5O3. The number of rotatable bonds is 8. The second kappa shape index (κ2) is 11.4. The van der Waals surface area contributed by atoms with E-state index in [1.165, 1.54) is 18.6 Å². The van der Waals surface area contributed by atoms with Gasteiger partial charge in [-0.3, -0.25) is 19.0 Å². The number of ketones is 1. The minimum Gasteiger partial charge on any atom is -0.363 e. The van der Waals surface area contributed by atoms with Crippen molar-refractivity contribution in [1.29, 1.82) is 0 Å². The maximum atomic E-state index is 13.2. The summed E-state index contributed by atoms with van der Waals surface area (Å²) in [6, 6.07) is 18.8. The lowest BCUT2D eigenvalue weighted by atomic mass is 10.0. The number of amides is 2. The topological polar surface area (TPSA) is 120 Å². The molecule has 1 atom stereocenters. The van der Waals surface area contributed by atoms with E-state index in [1.54, 1.807) is 35.0 Å². The number of imidazole rings is 1. The normalized spacial score (nSPS) is 11.2. The largest absolute Gasteiger partial charge is 0.363 e. The van der Waals surface area contributed by atoms with Crippen LogP contribution in [0.1, 0.15) is 15.9 Å². The van der Waals surface area contributed by atoms with Crippen LogP contribution in [0.15, 0.2) is 85.5 Å². The Labute approximate surface area is 212 Å². The molecule has 1 unspecified atom stereocenters. The van der Waals surface area contributed by atoms with Crippen molar-refractivity contribution in [3.63, 3.8) is 0 Å². The number of Topliss-reactive ketones (excluding diaryl/α,β-unsaturated/α-hetero) is 1. The summed E-state index contributed by atoms with van der Waals surface area (Å²) in [5, 5.41) is 2.85. The van der Waals surface area contributed by atoms with Crippen LogP contribution in [0.3, 0.4) is 0 Å². The first kappa shape index (κ1) is 25.6. The number of pyridine rings is 1. The first-order chi connectivity index (χ1) is 16.4. The lowest BCUT2D eigenvalue weighted by molar-refractivity contribution is -0.137. The third-order valence-electron chi connectivity index (χ3n) is 5.12. The Kier molecular flexibility index (Phi) is 8.35. The first-order valence-electron chi connectivity index (χ1n) is 10.4. The molecule has 0 fully saturated rings. The minimum absolute atomic E-state index is 0. The Bertz CT molecular complexity index is 1340. The van der Waals surface area contributed by atoms with Crippen LogP contribution in [-0.4, -0.2) is 38.2 Å². The number of nitrogens with one attached hydrogen (secondary N) is 1. The summed E-state index contributed by atoms with van der Waals surface area (Å²) < 4.78 is 1.59. The van der Waals surface area contributed by atoms with Gasteiger partial charge in [-0.2, -0.15) is 0 Å². The summed E-state index contributed by atoms with van der Waals surface area (Å²) >= 11 is 6.12. The standard InChI is InChI=1S/C25H20ClN5O3.ClH/c26-18-12-19(24(28-13-18)31-14-21(29-15-31)17-9-5-2-6-10-17)25(34)30-20(22(32)23(27)33)11-16-7-3-1-4-8-16;/h1-10,12-15,20H,11H2,(H2,27,33)(H,30,34);1H. The number of hydrogen-bond donors (Lipinski definition) is 2. The van der Waals surface area contributed by atoms with Crippen LogP contribution in [0.25, 0.3) is 17.1 Å². The SMILES string of the molecule is Cl.NC(=O)C(=O)C(Cc1ccccc1)NC(=O)c1cc(Cl)cnc1-n1cnc(-c2ccccc2)c1. The molecule has 4 aromatic rings. The van der Waals surface area contributed by atoms with Gasteiger partial charge in [0, 0.05) is 24.4 Å². The van der Waals surface area contributed by atoms with Crippen molar-refractivity contribution >= 4 is 41.6 Å². The maximum Gasteiger partial charge on any atom is 0.287 e. The first-order valence-corrected chi connectivity index (χ1v) is 10.7. The van der Waals surface area contributed by atoms with Crippen LogP contribution in [0.5, 0.6) is 0 Å². The number of carbonyl (C=O) groups is 3. The molecule has 0 aliphatic heterocycles. The van der Waals surface area contributed by atoms with Gasteiger partial charge in [-0.15, -0.1) is 12.4 Å². The summed E-state index contributed by atoms with van der Waals surface area (Å²) in [6.45, 7) is 0. The molecule has 3 N–H and O–H groups in total. The van der Waals surface area contributed by atoms with Crippen LogP contribution in [0.2, 0.25) is 5.02 Å². The van der Waals surface area contributed by atoms with Crippen molar-refractivity contribution < 1.29 is 14.4 Å². The third-order valence-corrected chi connectivity index (χ3v) is 5.33. The average Bonchev–Trinajstić information content (AvgIpc) is 3.34. The molecule has 10 heteroatoms. The molecule has 0 aliphatic carbocycles. The van der Waals surface area contributed by atoms with Gasteiger partial charge in [-0.25, -0.2) is 9.97 Å². The molecule has 0 saturated carbocycles. The van der Waals surface area contributed by atoms with Gasteiger partial charge in [0.15, 0.2) is 5.82 Å². The van der Waals surface area contributed by atoms with E-state index in [0.29, 0.717) is 5.69 Å². The lowest BCUT2D eigenvalue weighted by Crippen LogP contribution is -2.47. The Balaban J connectivity index is 0.00000342. The minimum atomic E-state index is -1.15. The zero-order valence-corrected chi connectivity index (χ0v) is 19.9. The van der Waals surface area contributed by atoms with Crippen LogP contribution in [0, 0.1) is 0 Å². The van der Waals surface area contributed by atoms with Crippen LogP contribution in [-0.2, 0) is 16.0 Å². The fourth-order valence-corrected chi connectivity index (χ4v) is 3.63. The number of halogens is 2. The monoisotopic (exact) mass is 509 g/mol. The highest BCUT2D eigenvalue weighted by Gasteiger charge is 2.27. The fraction of sp³-hybridized carbons (Fsp3) is 0.0800. The van der Waals surface area contributed by atoms with Gasteiger partial charge < -0.3 is 11.1 Å². The predicted molar refractivity (Wildman–Crippen MR) is 135 cm³/mol. The average molecular weight is 510 g/mol. The number of aromatic nitrogens is 3. The number of carbonyl (C=O) groups excluding carboxylic acids is 3. The van der Waals surface area contributed by atoms with Gasteiger partial charge in [-0.1, -0.05) is 72.3 Å². The molecule has 0 spiro atoms. The van der Waals surface area contributed by atoms with Gasteiger partial charge in [0.25, 0.3) is 11.8 Å². The van der Waals surface area contributed by atoms with Crippen LogP contribution >= 0.6 is 24.0 Å². The Morgan fingerprint density at radius 3 is 2.31 bits per heavy atom. The van der Waals surface area contributed by atoms with E-state index < -0.39 is 23.6 Å². The fourth-order valence-electron chi connectivity index (χ4n) is 3.47. The molecule has 178 valence electrons. The maximum absolute atomic E-state index is 13.2. The zero-order chi connectivity index (χ0) is 24.1. The van der Waals surface area contributed by atoms with E-state index in [0.717, 1.165) is 11.1 Å². The van der Waals surface area contributed by atoms with Crippen LogP contribution < -0.4 is 11.1 Å². The summed E-state index contributed by atoms with van der Waals surface area (Å²) in [6.07, 6.45) is 4.77. The van der Waals surface area contributed by atoms with Crippen molar-refractivity contribution in [2.75, 3.05) is 0 Å². The molecule has 8 nitrogen and oxygen atoms in total. The number of benzene rings is 2. The van der Waals surface area contributed by atoms with Crippen molar-refractivity contribution in [3.05, 3.63) is 102 Å². The Morgan fingerprint density at radius 2 is 1.66 bits per heavy atom. The molecule has 35 heavy (non-hydrogen) atoms. The van der Waals surface area contributed by atoms with E-state index in [9.17, 15) is 14.4 Å².